The Labute approximate surface area is 144 Å². The number of nitrogens with zero attached hydrogens (tertiary/aromatic N) is 1. The van der Waals surface area contributed by atoms with Crippen LogP contribution in [0.15, 0.2) is 40.8 Å². The Bertz CT molecular complexity index is 741. The zero-order valence-electron chi connectivity index (χ0n) is 13.1. The van der Waals surface area contributed by atoms with Gasteiger partial charge < -0.3 is 19.4 Å². The van der Waals surface area contributed by atoms with E-state index < -0.39 is 11.9 Å². The van der Waals surface area contributed by atoms with Gasteiger partial charge in [-0.05, 0) is 42.8 Å². The molecule has 0 aliphatic carbocycles. The summed E-state index contributed by atoms with van der Waals surface area (Å²) >= 11 is 5.86. The van der Waals surface area contributed by atoms with Gasteiger partial charge in [0.15, 0.2) is 5.76 Å². The molecule has 1 saturated heterocycles. The number of furan rings is 1. The van der Waals surface area contributed by atoms with E-state index in [0.29, 0.717) is 30.4 Å². The maximum Gasteiger partial charge on any atom is 0.287 e. The molecule has 0 bridgehead atoms. The van der Waals surface area contributed by atoms with Gasteiger partial charge in [-0.3, -0.25) is 9.59 Å². The number of carbonyl (C=O) groups is 2. The summed E-state index contributed by atoms with van der Waals surface area (Å²) in [7, 11) is 1.55. The van der Waals surface area contributed by atoms with Crippen molar-refractivity contribution in [3.05, 3.63) is 52.9 Å². The standard InChI is InChI=1S/C17H17ClN2O4/c1-23-10-13-6-7-15(24-13)16(21)19-14-8-9-20(17(14)22)12-4-2-11(18)3-5-12/h2-7,14H,8-10H2,1H3,(H,19,21)/t14-/m1/s1. The van der Waals surface area contributed by atoms with Crippen LogP contribution in [-0.2, 0) is 16.1 Å². The number of halogens is 1. The lowest BCUT2D eigenvalue weighted by Gasteiger charge is -2.17. The summed E-state index contributed by atoms with van der Waals surface area (Å²) in [6, 6.07) is 9.72. The van der Waals surface area contributed by atoms with Gasteiger partial charge in [-0.2, -0.15) is 0 Å². The minimum absolute atomic E-state index is 0.144. The van der Waals surface area contributed by atoms with Crippen LogP contribution in [0.2, 0.25) is 5.02 Å². The highest BCUT2D eigenvalue weighted by Crippen LogP contribution is 2.23. The van der Waals surface area contributed by atoms with Gasteiger partial charge >= 0.3 is 0 Å². The first-order chi connectivity index (χ1) is 11.6. The number of anilines is 1. The number of amides is 2. The zero-order chi connectivity index (χ0) is 17.1. The fourth-order valence-corrected chi connectivity index (χ4v) is 2.77. The molecular formula is C17H17ClN2O4. The highest BCUT2D eigenvalue weighted by atomic mass is 35.5. The van der Waals surface area contributed by atoms with E-state index in [-0.39, 0.29) is 11.7 Å². The van der Waals surface area contributed by atoms with Crippen LogP contribution in [0.4, 0.5) is 5.69 Å². The molecule has 1 aromatic carbocycles. The van der Waals surface area contributed by atoms with Crippen LogP contribution in [0.3, 0.4) is 0 Å². The molecule has 3 rings (SSSR count). The largest absolute Gasteiger partial charge is 0.453 e. The lowest BCUT2D eigenvalue weighted by atomic mass is 10.2. The second-order valence-electron chi connectivity index (χ2n) is 5.48. The smallest absolute Gasteiger partial charge is 0.287 e. The number of hydrogen-bond acceptors (Lipinski definition) is 4. The molecule has 126 valence electrons. The molecule has 0 unspecified atom stereocenters. The van der Waals surface area contributed by atoms with E-state index in [9.17, 15) is 9.59 Å². The highest BCUT2D eigenvalue weighted by molar-refractivity contribution is 6.30. The Morgan fingerprint density at radius 3 is 2.79 bits per heavy atom. The van der Waals surface area contributed by atoms with Crippen molar-refractivity contribution in [2.75, 3.05) is 18.6 Å². The molecule has 1 atom stereocenters. The normalized spacial score (nSPS) is 17.3. The summed E-state index contributed by atoms with van der Waals surface area (Å²) in [6.07, 6.45) is 0.541. The molecule has 1 fully saturated rings. The number of ether oxygens (including phenoxy) is 1. The topological polar surface area (TPSA) is 71.8 Å². The van der Waals surface area contributed by atoms with E-state index in [4.69, 9.17) is 20.8 Å². The summed E-state index contributed by atoms with van der Waals surface area (Å²) in [5.41, 5.74) is 0.765. The van der Waals surface area contributed by atoms with Crippen molar-refractivity contribution in [2.45, 2.75) is 19.1 Å². The van der Waals surface area contributed by atoms with E-state index in [1.54, 1.807) is 48.4 Å². The first-order valence-corrected chi connectivity index (χ1v) is 7.92. The van der Waals surface area contributed by atoms with Crippen molar-refractivity contribution in [2.24, 2.45) is 0 Å². The number of methoxy groups -OCH3 is 1. The van der Waals surface area contributed by atoms with Crippen molar-refractivity contribution >= 4 is 29.1 Å². The maximum atomic E-state index is 12.5. The van der Waals surface area contributed by atoms with E-state index >= 15 is 0 Å². The monoisotopic (exact) mass is 348 g/mol. The van der Waals surface area contributed by atoms with Gasteiger partial charge in [0.25, 0.3) is 5.91 Å². The van der Waals surface area contributed by atoms with Crippen molar-refractivity contribution in [3.63, 3.8) is 0 Å². The van der Waals surface area contributed by atoms with Gasteiger partial charge in [0.1, 0.15) is 18.4 Å². The Hall–Kier alpha value is -2.31. The Kier molecular flexibility index (Phi) is 4.87. The van der Waals surface area contributed by atoms with Gasteiger partial charge in [-0.1, -0.05) is 11.6 Å². The van der Waals surface area contributed by atoms with Crippen molar-refractivity contribution < 1.29 is 18.7 Å². The third kappa shape index (κ3) is 3.44. The summed E-state index contributed by atoms with van der Waals surface area (Å²) in [4.78, 5) is 26.3. The first kappa shape index (κ1) is 16.5. The molecule has 6 nitrogen and oxygen atoms in total. The van der Waals surface area contributed by atoms with Crippen LogP contribution < -0.4 is 10.2 Å². The van der Waals surface area contributed by atoms with Gasteiger partial charge in [0.05, 0.1) is 0 Å². The average molecular weight is 349 g/mol. The minimum Gasteiger partial charge on any atom is -0.453 e. The number of benzene rings is 1. The van der Waals surface area contributed by atoms with Gasteiger partial charge in [-0.25, -0.2) is 0 Å². The van der Waals surface area contributed by atoms with Crippen LogP contribution in [0.5, 0.6) is 0 Å². The van der Waals surface area contributed by atoms with Crippen LogP contribution >= 0.6 is 11.6 Å². The molecule has 1 aromatic heterocycles. The molecule has 7 heteroatoms. The van der Waals surface area contributed by atoms with Gasteiger partial charge in [0.2, 0.25) is 5.91 Å². The molecule has 1 aliphatic rings. The van der Waals surface area contributed by atoms with Crippen molar-refractivity contribution in [3.8, 4) is 0 Å². The van der Waals surface area contributed by atoms with E-state index in [1.165, 1.54) is 0 Å². The SMILES string of the molecule is COCc1ccc(C(=O)N[C@@H]2CCN(c3ccc(Cl)cc3)C2=O)o1. The quantitative estimate of drug-likeness (QED) is 0.901. The summed E-state index contributed by atoms with van der Waals surface area (Å²) in [5.74, 6) is 0.172. The first-order valence-electron chi connectivity index (χ1n) is 7.54. The van der Waals surface area contributed by atoms with Crippen LogP contribution in [0, 0.1) is 0 Å². The minimum atomic E-state index is -0.566. The van der Waals surface area contributed by atoms with Crippen LogP contribution in [0.1, 0.15) is 22.7 Å². The Morgan fingerprint density at radius 2 is 2.08 bits per heavy atom. The highest BCUT2D eigenvalue weighted by Gasteiger charge is 2.34. The third-order valence-electron chi connectivity index (χ3n) is 3.82. The molecule has 1 aliphatic heterocycles. The molecule has 24 heavy (non-hydrogen) atoms. The molecule has 0 spiro atoms. The van der Waals surface area contributed by atoms with Gasteiger partial charge in [0, 0.05) is 24.4 Å². The molecule has 2 aromatic rings. The fourth-order valence-electron chi connectivity index (χ4n) is 2.64. The zero-order valence-corrected chi connectivity index (χ0v) is 13.9. The molecule has 2 heterocycles. The number of nitrogens with one attached hydrogen (secondary N) is 1. The third-order valence-corrected chi connectivity index (χ3v) is 4.07. The summed E-state index contributed by atoms with van der Waals surface area (Å²) in [6.45, 7) is 0.832. The number of rotatable bonds is 5. The summed E-state index contributed by atoms with van der Waals surface area (Å²) < 4.78 is 10.3. The predicted octanol–water partition coefficient (Wildman–Crippen LogP) is 2.61. The average Bonchev–Trinajstić information content (AvgIpc) is 3.17. The Morgan fingerprint density at radius 1 is 1.33 bits per heavy atom. The molecule has 0 radical (unpaired) electrons. The second kappa shape index (κ2) is 7.07. The lowest BCUT2D eigenvalue weighted by Crippen LogP contribution is -2.41. The van der Waals surface area contributed by atoms with Crippen molar-refractivity contribution in [1.82, 2.24) is 5.32 Å². The van der Waals surface area contributed by atoms with Crippen LogP contribution in [-0.4, -0.2) is 31.5 Å². The van der Waals surface area contributed by atoms with Gasteiger partial charge in [-0.15, -0.1) is 0 Å². The molecular weight excluding hydrogens is 332 g/mol. The number of hydrogen-bond donors (Lipinski definition) is 1. The second-order valence-corrected chi connectivity index (χ2v) is 5.92. The Balaban J connectivity index is 1.64. The van der Waals surface area contributed by atoms with Crippen molar-refractivity contribution in [1.29, 1.82) is 0 Å². The lowest BCUT2D eigenvalue weighted by molar-refractivity contribution is -0.118. The number of carbonyl (C=O) groups excluding carboxylic acids is 2. The molecule has 0 saturated carbocycles. The summed E-state index contributed by atoms with van der Waals surface area (Å²) in [5, 5.41) is 3.33. The fraction of sp³-hybridized carbons (Fsp3) is 0.294. The van der Waals surface area contributed by atoms with E-state index in [1.807, 2.05) is 0 Å². The molecule has 2 amide bonds. The van der Waals surface area contributed by atoms with Crippen LogP contribution in [0.25, 0.3) is 0 Å². The van der Waals surface area contributed by atoms with E-state index in [2.05, 4.69) is 5.32 Å². The van der Waals surface area contributed by atoms with E-state index in [0.717, 1.165) is 5.69 Å². The maximum absolute atomic E-state index is 12.5. The molecule has 1 N–H and O–H groups in total. The predicted molar refractivity (Wildman–Crippen MR) is 89.1 cm³/mol.